The topological polar surface area (TPSA) is 102 Å². The van der Waals surface area contributed by atoms with Crippen LogP contribution in [0.25, 0.3) is 0 Å². The number of carbonyl (C=O) groups excluding carboxylic acids is 3. The summed E-state index contributed by atoms with van der Waals surface area (Å²) in [4.78, 5) is 39.7. The zero-order valence-electron chi connectivity index (χ0n) is 13.7. The number of benzene rings is 1. The van der Waals surface area contributed by atoms with Gasteiger partial charge in [0, 0.05) is 49.4 Å². The molecule has 1 aromatic rings. The third kappa shape index (κ3) is 2.58. The number of hydrogen-bond acceptors (Lipinski definition) is 6. The SMILES string of the molecule is O=C1CCC(N2C(=O)c3cccc(N4CCNCC4)c3[C@@H]2O)C(=O)N1. The molecule has 0 radical (unpaired) electrons. The van der Waals surface area contributed by atoms with Gasteiger partial charge in [-0.25, -0.2) is 0 Å². The minimum atomic E-state index is -1.18. The van der Waals surface area contributed by atoms with Crippen molar-refractivity contribution in [2.45, 2.75) is 25.1 Å². The van der Waals surface area contributed by atoms with Gasteiger partial charge in [-0.15, -0.1) is 0 Å². The summed E-state index contributed by atoms with van der Waals surface area (Å²) >= 11 is 0. The van der Waals surface area contributed by atoms with E-state index in [0.29, 0.717) is 11.1 Å². The number of nitrogens with zero attached hydrogens (tertiary/aromatic N) is 2. The molecule has 3 aliphatic rings. The van der Waals surface area contributed by atoms with Crippen LogP contribution in [0.2, 0.25) is 0 Å². The summed E-state index contributed by atoms with van der Waals surface area (Å²) in [5.74, 6) is -1.24. The first-order chi connectivity index (χ1) is 12.1. The second-order valence-electron chi connectivity index (χ2n) is 6.53. The Morgan fingerprint density at radius 2 is 1.88 bits per heavy atom. The third-order valence-electron chi connectivity index (χ3n) is 5.07. The maximum atomic E-state index is 12.8. The Labute approximate surface area is 144 Å². The molecular weight excluding hydrogens is 324 g/mol. The first kappa shape index (κ1) is 16.0. The van der Waals surface area contributed by atoms with E-state index in [-0.39, 0.29) is 24.7 Å². The summed E-state index contributed by atoms with van der Waals surface area (Å²) in [6, 6.07) is 4.55. The fraction of sp³-hybridized carbons (Fsp3) is 0.471. The van der Waals surface area contributed by atoms with Crippen molar-refractivity contribution in [1.82, 2.24) is 15.5 Å². The van der Waals surface area contributed by atoms with Crippen LogP contribution in [0.5, 0.6) is 0 Å². The average Bonchev–Trinajstić information content (AvgIpc) is 2.87. The Morgan fingerprint density at radius 1 is 1.12 bits per heavy atom. The van der Waals surface area contributed by atoms with Crippen LogP contribution < -0.4 is 15.5 Å². The molecule has 0 bridgehead atoms. The van der Waals surface area contributed by atoms with E-state index >= 15 is 0 Å². The zero-order valence-corrected chi connectivity index (χ0v) is 13.7. The highest BCUT2D eigenvalue weighted by Crippen LogP contribution is 2.40. The van der Waals surface area contributed by atoms with Crippen LogP contribution in [0.1, 0.15) is 35.0 Å². The number of piperidine rings is 1. The highest BCUT2D eigenvalue weighted by atomic mass is 16.3. The number of fused-ring (bicyclic) bond motifs is 1. The third-order valence-corrected chi connectivity index (χ3v) is 5.07. The van der Waals surface area contributed by atoms with Crippen molar-refractivity contribution in [3.8, 4) is 0 Å². The number of imide groups is 1. The normalized spacial score (nSPS) is 26.7. The molecule has 3 N–H and O–H groups in total. The van der Waals surface area contributed by atoms with Gasteiger partial charge in [-0.3, -0.25) is 24.6 Å². The molecule has 8 heteroatoms. The fourth-order valence-electron chi connectivity index (χ4n) is 3.84. The molecule has 3 heterocycles. The minimum absolute atomic E-state index is 0.161. The van der Waals surface area contributed by atoms with E-state index in [1.807, 2.05) is 6.07 Å². The van der Waals surface area contributed by atoms with Gasteiger partial charge in [0.1, 0.15) is 6.04 Å². The van der Waals surface area contributed by atoms with Crippen LogP contribution >= 0.6 is 0 Å². The molecule has 0 spiro atoms. The Kier molecular flexibility index (Phi) is 3.93. The fourth-order valence-corrected chi connectivity index (χ4v) is 3.84. The van der Waals surface area contributed by atoms with Crippen LogP contribution in [0.3, 0.4) is 0 Å². The van der Waals surface area contributed by atoms with E-state index in [1.54, 1.807) is 12.1 Å². The quantitative estimate of drug-likeness (QED) is 0.616. The number of aliphatic hydroxyl groups is 1. The molecule has 25 heavy (non-hydrogen) atoms. The predicted molar refractivity (Wildman–Crippen MR) is 88.8 cm³/mol. The lowest BCUT2D eigenvalue weighted by molar-refractivity contribution is -0.139. The molecule has 4 rings (SSSR count). The summed E-state index contributed by atoms with van der Waals surface area (Å²) in [6.45, 7) is 3.25. The van der Waals surface area contributed by atoms with Gasteiger partial charge in [-0.05, 0) is 18.6 Å². The number of rotatable bonds is 2. The van der Waals surface area contributed by atoms with Crippen LogP contribution in [0.15, 0.2) is 18.2 Å². The molecule has 132 valence electrons. The van der Waals surface area contributed by atoms with Crippen molar-refractivity contribution in [2.24, 2.45) is 0 Å². The molecule has 0 saturated carbocycles. The first-order valence-electron chi connectivity index (χ1n) is 8.51. The van der Waals surface area contributed by atoms with Gasteiger partial charge in [0.15, 0.2) is 6.23 Å². The lowest BCUT2D eigenvalue weighted by Crippen LogP contribution is -2.53. The molecule has 2 atom stereocenters. The van der Waals surface area contributed by atoms with E-state index in [0.717, 1.165) is 31.9 Å². The van der Waals surface area contributed by atoms with Crippen molar-refractivity contribution < 1.29 is 19.5 Å². The molecule has 3 amide bonds. The standard InChI is InChI=1S/C17H20N4O4/c22-13-5-4-12(15(23)19-13)21-16(24)10-2-1-3-11(14(10)17(21)25)20-8-6-18-7-9-20/h1-3,12,17-18,25H,4-9H2,(H,19,22,23)/t12?,17-/m0/s1. The van der Waals surface area contributed by atoms with E-state index in [9.17, 15) is 19.5 Å². The second kappa shape index (κ2) is 6.12. The molecule has 2 fully saturated rings. The van der Waals surface area contributed by atoms with Crippen molar-refractivity contribution >= 4 is 23.4 Å². The van der Waals surface area contributed by atoms with E-state index in [2.05, 4.69) is 15.5 Å². The van der Waals surface area contributed by atoms with Gasteiger partial charge in [-0.1, -0.05) is 6.07 Å². The smallest absolute Gasteiger partial charge is 0.257 e. The molecule has 8 nitrogen and oxygen atoms in total. The number of carbonyl (C=O) groups is 3. The van der Waals surface area contributed by atoms with Crippen molar-refractivity contribution in [3.63, 3.8) is 0 Å². The second-order valence-corrected chi connectivity index (χ2v) is 6.53. The maximum absolute atomic E-state index is 12.8. The Morgan fingerprint density at radius 3 is 2.60 bits per heavy atom. The Hall–Kier alpha value is -2.45. The Balaban J connectivity index is 1.69. The number of nitrogens with one attached hydrogen (secondary N) is 2. The highest BCUT2D eigenvalue weighted by molar-refractivity contribution is 6.06. The maximum Gasteiger partial charge on any atom is 0.257 e. The van der Waals surface area contributed by atoms with E-state index < -0.39 is 18.2 Å². The number of aliphatic hydroxyl groups excluding tert-OH is 1. The minimum Gasteiger partial charge on any atom is -0.369 e. The average molecular weight is 344 g/mol. The molecule has 3 aliphatic heterocycles. The molecule has 0 aromatic heterocycles. The van der Waals surface area contributed by atoms with Gasteiger partial charge < -0.3 is 15.3 Å². The van der Waals surface area contributed by atoms with E-state index in [4.69, 9.17) is 0 Å². The molecule has 1 unspecified atom stereocenters. The van der Waals surface area contributed by atoms with Crippen LogP contribution in [0.4, 0.5) is 5.69 Å². The van der Waals surface area contributed by atoms with Crippen molar-refractivity contribution in [3.05, 3.63) is 29.3 Å². The van der Waals surface area contributed by atoms with Crippen LogP contribution in [0, 0.1) is 0 Å². The summed E-state index contributed by atoms with van der Waals surface area (Å²) in [6.07, 6.45) is -0.796. The van der Waals surface area contributed by atoms with Gasteiger partial charge in [0.25, 0.3) is 5.91 Å². The van der Waals surface area contributed by atoms with Gasteiger partial charge in [0.2, 0.25) is 11.8 Å². The largest absolute Gasteiger partial charge is 0.369 e. The number of amides is 3. The molecule has 0 aliphatic carbocycles. The molecular formula is C17H20N4O4. The van der Waals surface area contributed by atoms with Crippen molar-refractivity contribution in [1.29, 1.82) is 0 Å². The van der Waals surface area contributed by atoms with Crippen LogP contribution in [-0.2, 0) is 9.59 Å². The monoisotopic (exact) mass is 344 g/mol. The Bertz CT molecular complexity index is 744. The van der Waals surface area contributed by atoms with Crippen LogP contribution in [-0.4, -0.2) is 59.9 Å². The zero-order chi connectivity index (χ0) is 17.6. The lowest BCUT2D eigenvalue weighted by Gasteiger charge is -2.34. The number of anilines is 1. The summed E-state index contributed by atoms with van der Waals surface area (Å²) in [7, 11) is 0. The lowest BCUT2D eigenvalue weighted by atomic mass is 10.0. The summed E-state index contributed by atoms with van der Waals surface area (Å²) < 4.78 is 0. The number of piperazine rings is 1. The molecule has 1 aromatic carbocycles. The van der Waals surface area contributed by atoms with Gasteiger partial charge in [0.05, 0.1) is 0 Å². The summed E-state index contributed by atoms with van der Waals surface area (Å²) in [5, 5.41) is 16.4. The summed E-state index contributed by atoms with van der Waals surface area (Å²) in [5.41, 5.74) is 1.81. The first-order valence-corrected chi connectivity index (χ1v) is 8.51. The highest BCUT2D eigenvalue weighted by Gasteiger charge is 2.45. The van der Waals surface area contributed by atoms with E-state index in [1.165, 1.54) is 4.90 Å². The molecule has 2 saturated heterocycles. The number of hydrogen-bond donors (Lipinski definition) is 3. The van der Waals surface area contributed by atoms with Crippen molar-refractivity contribution in [2.75, 3.05) is 31.1 Å². The van der Waals surface area contributed by atoms with Gasteiger partial charge >= 0.3 is 0 Å². The van der Waals surface area contributed by atoms with Gasteiger partial charge in [-0.2, -0.15) is 0 Å². The predicted octanol–water partition coefficient (Wildman–Crippen LogP) is -0.652.